The summed E-state index contributed by atoms with van der Waals surface area (Å²) in [5, 5.41) is 0. The molecule has 5 rings (SSSR count). The van der Waals surface area contributed by atoms with E-state index in [1.54, 1.807) is 6.08 Å². The van der Waals surface area contributed by atoms with Gasteiger partial charge < -0.3 is 19.1 Å². The third-order valence-corrected chi connectivity index (χ3v) is 6.22. The van der Waals surface area contributed by atoms with Crippen molar-refractivity contribution in [1.82, 2.24) is 4.90 Å². The van der Waals surface area contributed by atoms with E-state index in [0.29, 0.717) is 18.7 Å². The van der Waals surface area contributed by atoms with E-state index in [1.807, 2.05) is 24.8 Å². The Morgan fingerprint density at radius 2 is 1.92 bits per heavy atom. The highest BCUT2D eigenvalue weighted by Crippen LogP contribution is 2.55. The van der Waals surface area contributed by atoms with Crippen molar-refractivity contribution in [1.29, 1.82) is 0 Å². The molecular formula is C19H24ClNO5. The summed E-state index contributed by atoms with van der Waals surface area (Å²) < 4.78 is 17.1. The standard InChI is InChI=1S/C19H24ClNO5/c1-18(2)25-14-11-7-8-19(20,15(14)26-18)13(17(23)24-3)12(11)16(22)21-9-5-4-6-10-21/h7-8,11,14-15H,4-6,9-10H2,1-3H3. The van der Waals surface area contributed by atoms with Crippen molar-refractivity contribution in [2.24, 2.45) is 5.92 Å². The second-order valence-electron chi connectivity index (χ2n) is 7.81. The number of carbonyl (C=O) groups is 2. The molecule has 26 heavy (non-hydrogen) atoms. The fourth-order valence-corrected chi connectivity index (χ4v) is 4.99. The first kappa shape index (κ1) is 18.0. The molecule has 2 fully saturated rings. The smallest absolute Gasteiger partial charge is 0.336 e. The van der Waals surface area contributed by atoms with Crippen LogP contribution >= 0.6 is 11.6 Å². The van der Waals surface area contributed by atoms with Crippen LogP contribution in [0.1, 0.15) is 33.1 Å². The first-order valence-electron chi connectivity index (χ1n) is 9.14. The molecule has 0 aromatic heterocycles. The molecule has 2 saturated heterocycles. The molecule has 0 aromatic rings. The molecule has 2 bridgehead atoms. The van der Waals surface area contributed by atoms with Crippen LogP contribution in [0.3, 0.4) is 0 Å². The number of methoxy groups -OCH3 is 1. The van der Waals surface area contributed by atoms with E-state index in [2.05, 4.69) is 0 Å². The van der Waals surface area contributed by atoms with Crippen LogP contribution in [0.2, 0.25) is 0 Å². The van der Waals surface area contributed by atoms with Crippen LogP contribution in [0, 0.1) is 5.92 Å². The van der Waals surface area contributed by atoms with E-state index in [0.717, 1.165) is 19.3 Å². The first-order chi connectivity index (χ1) is 12.3. The van der Waals surface area contributed by atoms with E-state index >= 15 is 0 Å². The van der Waals surface area contributed by atoms with Gasteiger partial charge in [-0.15, -0.1) is 11.6 Å². The maximum atomic E-state index is 13.3. The summed E-state index contributed by atoms with van der Waals surface area (Å²) in [6, 6.07) is 0. The average Bonchev–Trinajstić information content (AvgIpc) is 2.97. The molecule has 2 heterocycles. The fourth-order valence-electron chi connectivity index (χ4n) is 4.57. The van der Waals surface area contributed by atoms with Crippen LogP contribution in [-0.4, -0.2) is 59.8 Å². The molecule has 142 valence electrons. The lowest BCUT2D eigenvalue weighted by molar-refractivity contribution is -0.148. The maximum absolute atomic E-state index is 13.3. The summed E-state index contributed by atoms with van der Waals surface area (Å²) in [7, 11) is 1.30. The lowest BCUT2D eigenvalue weighted by atomic mass is 9.67. The Bertz CT molecular complexity index is 709. The van der Waals surface area contributed by atoms with Crippen molar-refractivity contribution in [3.8, 4) is 0 Å². The Hall–Kier alpha value is -1.37. The lowest BCUT2D eigenvalue weighted by Crippen LogP contribution is -2.58. The van der Waals surface area contributed by atoms with Crippen LogP contribution in [0.15, 0.2) is 23.3 Å². The molecule has 0 spiro atoms. The predicted octanol–water partition coefficient (Wildman–Crippen LogP) is 2.17. The van der Waals surface area contributed by atoms with E-state index in [1.165, 1.54) is 7.11 Å². The van der Waals surface area contributed by atoms with Gasteiger partial charge in [0.05, 0.1) is 12.7 Å². The number of hydrogen-bond donors (Lipinski definition) is 0. The molecule has 0 radical (unpaired) electrons. The second-order valence-corrected chi connectivity index (χ2v) is 8.43. The number of likely N-dealkylation sites (tertiary alicyclic amines) is 1. The topological polar surface area (TPSA) is 65.1 Å². The van der Waals surface area contributed by atoms with Gasteiger partial charge in [-0.3, -0.25) is 4.79 Å². The zero-order valence-corrected chi connectivity index (χ0v) is 16.0. The van der Waals surface area contributed by atoms with Crippen molar-refractivity contribution in [3.05, 3.63) is 23.3 Å². The van der Waals surface area contributed by atoms with Gasteiger partial charge in [0.1, 0.15) is 17.1 Å². The minimum Gasteiger partial charge on any atom is -0.466 e. The predicted molar refractivity (Wildman–Crippen MR) is 94.5 cm³/mol. The largest absolute Gasteiger partial charge is 0.466 e. The van der Waals surface area contributed by atoms with Crippen LogP contribution in [0.25, 0.3) is 0 Å². The number of amides is 1. The number of hydrogen-bond acceptors (Lipinski definition) is 5. The number of halogens is 1. The van der Waals surface area contributed by atoms with Gasteiger partial charge in [0.25, 0.3) is 5.91 Å². The summed E-state index contributed by atoms with van der Waals surface area (Å²) in [5.74, 6) is -1.92. The molecule has 3 aliphatic carbocycles. The molecule has 6 nitrogen and oxygen atoms in total. The number of nitrogens with zero attached hydrogens (tertiary/aromatic N) is 1. The van der Waals surface area contributed by atoms with Crippen LogP contribution in [0.4, 0.5) is 0 Å². The van der Waals surface area contributed by atoms with Gasteiger partial charge in [-0.25, -0.2) is 4.79 Å². The van der Waals surface area contributed by atoms with Crippen molar-refractivity contribution >= 4 is 23.5 Å². The van der Waals surface area contributed by atoms with Gasteiger partial charge in [-0.2, -0.15) is 0 Å². The maximum Gasteiger partial charge on any atom is 0.336 e. The number of esters is 1. The third-order valence-electron chi connectivity index (χ3n) is 5.69. The van der Waals surface area contributed by atoms with Crippen LogP contribution in [0.5, 0.6) is 0 Å². The van der Waals surface area contributed by atoms with Crippen molar-refractivity contribution in [2.75, 3.05) is 20.2 Å². The SMILES string of the molecule is COC(=O)C1=C(C(=O)N2CCCCC2)C2C=CC1(Cl)C1OC(C)(C)OC21. The molecule has 7 heteroatoms. The Kier molecular flexibility index (Phi) is 4.21. The van der Waals surface area contributed by atoms with Crippen LogP contribution < -0.4 is 0 Å². The van der Waals surface area contributed by atoms with E-state index in [4.69, 9.17) is 25.8 Å². The highest BCUT2D eigenvalue weighted by molar-refractivity contribution is 6.32. The van der Waals surface area contributed by atoms with Gasteiger partial charge in [-0.05, 0) is 33.1 Å². The molecule has 0 N–H and O–H groups in total. The number of rotatable bonds is 2. The molecule has 1 amide bonds. The fraction of sp³-hybridized carbons (Fsp3) is 0.684. The molecular weight excluding hydrogens is 358 g/mol. The normalized spacial score (nSPS) is 37.7. The Morgan fingerprint density at radius 3 is 2.58 bits per heavy atom. The summed E-state index contributed by atoms with van der Waals surface area (Å²) in [5.41, 5.74) is 0.603. The Balaban J connectivity index is 1.81. The molecule has 0 aromatic carbocycles. The third kappa shape index (κ3) is 2.53. The van der Waals surface area contributed by atoms with Gasteiger partial charge in [0.15, 0.2) is 5.79 Å². The quantitative estimate of drug-likeness (QED) is 0.416. The lowest BCUT2D eigenvalue weighted by Gasteiger charge is -2.46. The van der Waals surface area contributed by atoms with Gasteiger partial charge in [0, 0.05) is 24.6 Å². The molecule has 0 saturated carbocycles. The summed E-state index contributed by atoms with van der Waals surface area (Å²) >= 11 is 6.92. The Labute approximate surface area is 158 Å². The number of ether oxygens (including phenoxy) is 3. The monoisotopic (exact) mass is 381 g/mol. The van der Waals surface area contributed by atoms with Crippen molar-refractivity contribution in [2.45, 2.75) is 56.0 Å². The average molecular weight is 382 g/mol. The minimum atomic E-state index is -1.26. The molecule has 4 unspecified atom stereocenters. The molecule has 2 aliphatic heterocycles. The summed E-state index contributed by atoms with van der Waals surface area (Å²) in [4.78, 5) is 26.5. The van der Waals surface area contributed by atoms with Gasteiger partial charge in [-0.1, -0.05) is 12.2 Å². The van der Waals surface area contributed by atoms with Crippen molar-refractivity contribution < 1.29 is 23.8 Å². The zero-order valence-electron chi connectivity index (χ0n) is 15.3. The highest BCUT2D eigenvalue weighted by Gasteiger charge is 2.64. The van der Waals surface area contributed by atoms with Crippen LogP contribution in [-0.2, 0) is 23.8 Å². The van der Waals surface area contributed by atoms with Gasteiger partial charge >= 0.3 is 5.97 Å². The minimum absolute atomic E-state index is 0.142. The highest BCUT2D eigenvalue weighted by atomic mass is 35.5. The van der Waals surface area contributed by atoms with E-state index in [-0.39, 0.29) is 17.4 Å². The van der Waals surface area contributed by atoms with E-state index in [9.17, 15) is 9.59 Å². The van der Waals surface area contributed by atoms with E-state index < -0.39 is 28.8 Å². The first-order valence-corrected chi connectivity index (χ1v) is 9.52. The number of piperidine rings is 1. The second kappa shape index (κ2) is 6.08. The Morgan fingerprint density at radius 1 is 1.23 bits per heavy atom. The molecule has 4 atom stereocenters. The summed E-state index contributed by atoms with van der Waals surface area (Å²) in [6.45, 7) is 5.02. The number of alkyl halides is 1. The number of carbonyl (C=O) groups excluding carboxylic acids is 2. The zero-order chi connectivity index (χ0) is 18.7. The molecule has 5 aliphatic rings. The van der Waals surface area contributed by atoms with Crippen molar-refractivity contribution in [3.63, 3.8) is 0 Å². The summed E-state index contributed by atoms with van der Waals surface area (Å²) in [6.07, 6.45) is 5.75. The van der Waals surface area contributed by atoms with Gasteiger partial charge in [0.2, 0.25) is 0 Å².